The molecule has 0 spiro atoms. The first-order valence-corrected chi connectivity index (χ1v) is 5.34. The Hall–Kier alpha value is -2.02. The van der Waals surface area contributed by atoms with E-state index in [1.54, 1.807) is 19.1 Å². The molecule has 0 aliphatic heterocycles. The maximum Gasteiger partial charge on any atom is 0.328 e. The maximum atomic E-state index is 11.7. The Kier molecular flexibility index (Phi) is 4.53. The van der Waals surface area contributed by atoms with E-state index >= 15 is 0 Å². The van der Waals surface area contributed by atoms with Crippen LogP contribution in [-0.2, 0) is 9.53 Å². The fourth-order valence-corrected chi connectivity index (χ4v) is 1.55. The van der Waals surface area contributed by atoms with Crippen LogP contribution in [0.2, 0.25) is 0 Å². The molecule has 1 atom stereocenters. The number of hydrogen-bond donors (Lipinski definition) is 0. The molecular formula is C13H15NO3. The van der Waals surface area contributed by atoms with Crippen LogP contribution >= 0.6 is 0 Å². The molecular weight excluding hydrogens is 218 g/mol. The Morgan fingerprint density at radius 1 is 1.53 bits per heavy atom. The first kappa shape index (κ1) is 13.0. The summed E-state index contributed by atoms with van der Waals surface area (Å²) in [6.07, 6.45) is 0. The highest BCUT2D eigenvalue weighted by molar-refractivity contribution is 5.82. The summed E-state index contributed by atoms with van der Waals surface area (Å²) in [6, 6.07) is 7.33. The van der Waals surface area contributed by atoms with Gasteiger partial charge in [0.05, 0.1) is 19.8 Å². The van der Waals surface area contributed by atoms with Crippen molar-refractivity contribution in [3.05, 3.63) is 29.3 Å². The number of benzene rings is 1. The number of ether oxygens (including phenoxy) is 2. The Balaban J connectivity index is 3.15. The first-order chi connectivity index (χ1) is 8.13. The molecule has 4 heteroatoms. The number of nitrogens with zero attached hydrogens (tertiary/aromatic N) is 1. The van der Waals surface area contributed by atoms with E-state index in [0.29, 0.717) is 11.3 Å². The number of nitriles is 1. The lowest BCUT2D eigenvalue weighted by Gasteiger charge is -2.13. The molecule has 4 nitrogen and oxygen atoms in total. The molecule has 1 unspecified atom stereocenters. The normalized spacial score (nSPS) is 11.4. The van der Waals surface area contributed by atoms with Crippen molar-refractivity contribution in [3.63, 3.8) is 0 Å². The summed E-state index contributed by atoms with van der Waals surface area (Å²) in [5.74, 6) is -0.959. The molecule has 0 saturated carbocycles. The topological polar surface area (TPSA) is 59.3 Å². The summed E-state index contributed by atoms with van der Waals surface area (Å²) in [6.45, 7) is 3.85. The highest BCUT2D eigenvalue weighted by Crippen LogP contribution is 2.28. The molecule has 90 valence electrons. The highest BCUT2D eigenvalue weighted by Gasteiger charge is 2.25. The van der Waals surface area contributed by atoms with Crippen LogP contribution in [-0.4, -0.2) is 19.7 Å². The molecule has 1 rings (SSSR count). The molecule has 0 aliphatic carbocycles. The van der Waals surface area contributed by atoms with Crippen molar-refractivity contribution in [2.75, 3.05) is 13.7 Å². The number of rotatable bonds is 4. The van der Waals surface area contributed by atoms with Gasteiger partial charge in [0.15, 0.2) is 5.92 Å². The summed E-state index contributed by atoms with van der Waals surface area (Å²) in [4.78, 5) is 11.7. The van der Waals surface area contributed by atoms with Crippen LogP contribution in [0.4, 0.5) is 0 Å². The van der Waals surface area contributed by atoms with Crippen LogP contribution in [0.15, 0.2) is 18.2 Å². The lowest BCUT2D eigenvalue weighted by Crippen LogP contribution is -2.15. The maximum absolute atomic E-state index is 11.7. The van der Waals surface area contributed by atoms with Gasteiger partial charge in [-0.2, -0.15) is 5.26 Å². The third-order valence-corrected chi connectivity index (χ3v) is 2.35. The summed E-state index contributed by atoms with van der Waals surface area (Å²) in [5, 5.41) is 9.08. The second-order valence-corrected chi connectivity index (χ2v) is 3.56. The standard InChI is InChI=1S/C13H15NO3/c1-4-17-13(15)11(8-14)10-7-9(2)5-6-12(10)16-3/h5-7,11H,4H2,1-3H3. The van der Waals surface area contributed by atoms with Gasteiger partial charge in [-0.15, -0.1) is 0 Å². The zero-order valence-corrected chi connectivity index (χ0v) is 10.2. The van der Waals surface area contributed by atoms with Gasteiger partial charge in [0.1, 0.15) is 5.75 Å². The molecule has 0 fully saturated rings. The van der Waals surface area contributed by atoms with Crippen molar-refractivity contribution in [1.82, 2.24) is 0 Å². The lowest BCUT2D eigenvalue weighted by molar-refractivity contribution is -0.143. The largest absolute Gasteiger partial charge is 0.496 e. The summed E-state index contributed by atoms with van der Waals surface area (Å²) in [5.41, 5.74) is 1.51. The van der Waals surface area contributed by atoms with E-state index in [-0.39, 0.29) is 6.61 Å². The van der Waals surface area contributed by atoms with E-state index in [4.69, 9.17) is 14.7 Å². The van der Waals surface area contributed by atoms with E-state index < -0.39 is 11.9 Å². The SMILES string of the molecule is CCOC(=O)C(C#N)c1cc(C)ccc1OC. The monoisotopic (exact) mass is 233 g/mol. The Labute approximate surface area is 101 Å². The van der Waals surface area contributed by atoms with Gasteiger partial charge in [-0.25, -0.2) is 0 Å². The van der Waals surface area contributed by atoms with Crippen LogP contribution in [0, 0.1) is 18.3 Å². The number of carbonyl (C=O) groups excluding carboxylic acids is 1. The van der Waals surface area contributed by atoms with Gasteiger partial charge in [0.2, 0.25) is 0 Å². The minimum Gasteiger partial charge on any atom is -0.496 e. The summed E-state index contributed by atoms with van der Waals surface area (Å²) in [7, 11) is 1.51. The number of hydrogen-bond acceptors (Lipinski definition) is 4. The molecule has 0 radical (unpaired) electrons. The Morgan fingerprint density at radius 3 is 2.76 bits per heavy atom. The predicted molar refractivity (Wildman–Crippen MR) is 62.7 cm³/mol. The Bertz CT molecular complexity index is 448. The second kappa shape index (κ2) is 5.90. The fraction of sp³-hybridized carbons (Fsp3) is 0.385. The predicted octanol–water partition coefficient (Wildman–Crippen LogP) is 2.17. The molecule has 0 heterocycles. The Morgan fingerprint density at radius 2 is 2.24 bits per heavy atom. The lowest BCUT2D eigenvalue weighted by atomic mass is 9.98. The van der Waals surface area contributed by atoms with E-state index in [1.807, 2.05) is 19.1 Å². The molecule has 0 bridgehead atoms. The van der Waals surface area contributed by atoms with Gasteiger partial charge in [0.25, 0.3) is 0 Å². The van der Waals surface area contributed by atoms with Crippen LogP contribution < -0.4 is 4.74 Å². The van der Waals surface area contributed by atoms with Crippen molar-refractivity contribution in [2.24, 2.45) is 0 Å². The van der Waals surface area contributed by atoms with E-state index in [1.165, 1.54) is 7.11 Å². The fourth-order valence-electron chi connectivity index (χ4n) is 1.55. The van der Waals surface area contributed by atoms with Crippen LogP contribution in [0.25, 0.3) is 0 Å². The summed E-state index contributed by atoms with van der Waals surface area (Å²) < 4.78 is 10.0. The van der Waals surface area contributed by atoms with Gasteiger partial charge in [-0.05, 0) is 19.9 Å². The van der Waals surface area contributed by atoms with Crippen LogP contribution in [0.3, 0.4) is 0 Å². The van der Waals surface area contributed by atoms with Crippen LogP contribution in [0.1, 0.15) is 24.0 Å². The van der Waals surface area contributed by atoms with Gasteiger partial charge < -0.3 is 9.47 Å². The third kappa shape index (κ3) is 2.97. The van der Waals surface area contributed by atoms with Crippen molar-refractivity contribution in [3.8, 4) is 11.8 Å². The molecule has 0 aliphatic rings. The molecule has 0 amide bonds. The number of methoxy groups -OCH3 is 1. The van der Waals surface area contributed by atoms with Gasteiger partial charge in [-0.3, -0.25) is 4.79 Å². The van der Waals surface area contributed by atoms with Crippen molar-refractivity contribution in [2.45, 2.75) is 19.8 Å². The quantitative estimate of drug-likeness (QED) is 0.748. The van der Waals surface area contributed by atoms with Gasteiger partial charge >= 0.3 is 5.97 Å². The van der Waals surface area contributed by atoms with Gasteiger partial charge in [0, 0.05) is 5.56 Å². The van der Waals surface area contributed by atoms with E-state index in [9.17, 15) is 4.79 Å². The molecule has 1 aromatic carbocycles. The number of aryl methyl sites for hydroxylation is 1. The molecule has 0 aromatic heterocycles. The van der Waals surface area contributed by atoms with Crippen molar-refractivity contribution < 1.29 is 14.3 Å². The molecule has 0 saturated heterocycles. The smallest absolute Gasteiger partial charge is 0.328 e. The molecule has 0 N–H and O–H groups in total. The van der Waals surface area contributed by atoms with Crippen molar-refractivity contribution >= 4 is 5.97 Å². The average Bonchev–Trinajstić information content (AvgIpc) is 2.31. The number of carbonyl (C=O) groups is 1. The summed E-state index contributed by atoms with van der Waals surface area (Å²) >= 11 is 0. The van der Waals surface area contributed by atoms with E-state index in [0.717, 1.165) is 5.56 Å². The average molecular weight is 233 g/mol. The molecule has 1 aromatic rings. The zero-order valence-electron chi connectivity index (χ0n) is 10.2. The van der Waals surface area contributed by atoms with Gasteiger partial charge in [-0.1, -0.05) is 17.7 Å². The first-order valence-electron chi connectivity index (χ1n) is 5.34. The van der Waals surface area contributed by atoms with E-state index in [2.05, 4.69) is 0 Å². The minimum atomic E-state index is -0.940. The minimum absolute atomic E-state index is 0.255. The third-order valence-electron chi connectivity index (χ3n) is 2.35. The second-order valence-electron chi connectivity index (χ2n) is 3.56. The highest BCUT2D eigenvalue weighted by atomic mass is 16.5. The molecule has 17 heavy (non-hydrogen) atoms. The zero-order chi connectivity index (χ0) is 12.8. The number of esters is 1. The van der Waals surface area contributed by atoms with Crippen molar-refractivity contribution in [1.29, 1.82) is 5.26 Å². The van der Waals surface area contributed by atoms with Crippen LogP contribution in [0.5, 0.6) is 5.75 Å².